The Hall–Kier alpha value is -3.40. The van der Waals surface area contributed by atoms with Crippen LogP contribution in [0.3, 0.4) is 0 Å². The fraction of sp³-hybridized carbons (Fsp3) is 0.250. The summed E-state index contributed by atoms with van der Waals surface area (Å²) in [4.78, 5) is 24.9. The molecule has 0 aliphatic carbocycles. The Kier molecular flexibility index (Phi) is 5.79. The molecule has 158 valence electrons. The van der Waals surface area contributed by atoms with E-state index in [2.05, 4.69) is 9.88 Å². The van der Waals surface area contributed by atoms with Crippen LogP contribution in [0.15, 0.2) is 40.9 Å². The average molecular weight is 431 g/mol. The second-order valence-corrected chi connectivity index (χ2v) is 8.62. The summed E-state index contributed by atoms with van der Waals surface area (Å²) in [6, 6.07) is 9.28. The van der Waals surface area contributed by atoms with Gasteiger partial charge in [-0.1, -0.05) is 11.2 Å². The monoisotopic (exact) mass is 431 g/mol. The molecule has 1 N–H and O–H groups in total. The van der Waals surface area contributed by atoms with E-state index in [1.807, 2.05) is 6.92 Å². The molecule has 2 heterocycles. The number of aromatic nitrogens is 2. The number of nitrogens with one attached hydrogen (secondary N) is 1. The number of anilines is 1. The van der Waals surface area contributed by atoms with Gasteiger partial charge in [-0.2, -0.15) is 0 Å². The molecule has 0 radical (unpaired) electrons. The molecule has 9 nitrogen and oxygen atoms in total. The number of hydrogen-bond donors (Lipinski definition) is 1. The highest BCUT2D eigenvalue weighted by Gasteiger charge is 2.20. The smallest absolute Gasteiger partial charge is 0.338 e. The second kappa shape index (κ2) is 8.15. The van der Waals surface area contributed by atoms with E-state index in [1.165, 1.54) is 24.3 Å². The Morgan fingerprint density at radius 2 is 1.90 bits per heavy atom. The zero-order valence-electron chi connectivity index (χ0n) is 16.9. The number of carbonyl (C=O) groups is 2. The normalized spacial score (nSPS) is 11.3. The maximum atomic E-state index is 12.6. The number of rotatable bonds is 7. The van der Waals surface area contributed by atoms with Gasteiger partial charge in [-0.3, -0.25) is 14.1 Å². The summed E-state index contributed by atoms with van der Waals surface area (Å²) in [5.74, 6) is 0.107. The van der Waals surface area contributed by atoms with Crippen molar-refractivity contribution < 1.29 is 27.3 Å². The van der Waals surface area contributed by atoms with Crippen LogP contribution in [0, 0.1) is 20.8 Å². The highest BCUT2D eigenvalue weighted by molar-refractivity contribution is 7.92. The molecule has 0 fully saturated rings. The number of esters is 1. The van der Waals surface area contributed by atoms with Crippen LogP contribution in [0.2, 0.25) is 0 Å². The molecule has 0 aliphatic rings. The molecule has 0 atom stereocenters. The van der Waals surface area contributed by atoms with Crippen molar-refractivity contribution in [2.45, 2.75) is 20.8 Å². The summed E-state index contributed by atoms with van der Waals surface area (Å²) in [7, 11) is -3.48. The molecule has 0 unspecified atom stereocenters. The van der Waals surface area contributed by atoms with Crippen molar-refractivity contribution in [1.82, 2.24) is 9.72 Å². The lowest BCUT2D eigenvalue weighted by Crippen LogP contribution is -2.15. The molecular weight excluding hydrogens is 410 g/mol. The average Bonchev–Trinajstić information content (AvgIpc) is 3.20. The first kappa shape index (κ1) is 21.3. The molecule has 30 heavy (non-hydrogen) atoms. The van der Waals surface area contributed by atoms with Gasteiger partial charge in [0.15, 0.2) is 12.4 Å². The van der Waals surface area contributed by atoms with Crippen molar-refractivity contribution in [1.29, 1.82) is 0 Å². The molecule has 3 rings (SSSR count). The van der Waals surface area contributed by atoms with Gasteiger partial charge in [0.05, 0.1) is 11.8 Å². The molecular formula is C20H21N3O6S. The van der Waals surface area contributed by atoms with Crippen LogP contribution < -0.4 is 4.72 Å². The highest BCUT2D eigenvalue weighted by atomic mass is 32.2. The Morgan fingerprint density at radius 1 is 1.17 bits per heavy atom. The van der Waals surface area contributed by atoms with Crippen molar-refractivity contribution in [3.05, 3.63) is 64.7 Å². The van der Waals surface area contributed by atoms with E-state index >= 15 is 0 Å². The van der Waals surface area contributed by atoms with E-state index in [-0.39, 0.29) is 17.0 Å². The lowest BCUT2D eigenvalue weighted by molar-refractivity contribution is 0.0474. The SMILES string of the molecule is Cc1cc(-n2c(C)cc(C(=O)COC(=O)c3cccc(NS(C)(=O)=O)c3)c2C)no1. The third-order valence-electron chi connectivity index (χ3n) is 4.31. The quantitative estimate of drug-likeness (QED) is 0.451. The van der Waals surface area contributed by atoms with E-state index in [4.69, 9.17) is 9.26 Å². The second-order valence-electron chi connectivity index (χ2n) is 6.87. The maximum absolute atomic E-state index is 12.6. The topological polar surface area (TPSA) is 120 Å². The molecule has 3 aromatic rings. The predicted octanol–water partition coefficient (Wildman–Crippen LogP) is 2.80. The van der Waals surface area contributed by atoms with Crippen molar-refractivity contribution in [3.63, 3.8) is 0 Å². The standard InChI is InChI=1S/C20H21N3O6S/c1-12-8-17(14(3)23(12)19-9-13(2)29-21-19)18(24)11-28-20(25)15-6-5-7-16(10-15)22-30(4,26)27/h5-10,22H,11H2,1-4H3. The minimum atomic E-state index is -3.48. The largest absolute Gasteiger partial charge is 0.454 e. The molecule has 0 amide bonds. The van der Waals surface area contributed by atoms with E-state index < -0.39 is 22.6 Å². The first-order valence-corrected chi connectivity index (χ1v) is 10.8. The van der Waals surface area contributed by atoms with Crippen molar-refractivity contribution in [3.8, 4) is 5.82 Å². The highest BCUT2D eigenvalue weighted by Crippen LogP contribution is 2.21. The third kappa shape index (κ3) is 4.77. The van der Waals surface area contributed by atoms with E-state index in [1.54, 1.807) is 30.5 Å². The number of sulfonamides is 1. The summed E-state index contributed by atoms with van der Waals surface area (Å²) in [5, 5.41) is 3.97. The van der Waals surface area contributed by atoms with Gasteiger partial charge in [0.1, 0.15) is 5.76 Å². The number of ether oxygens (including phenoxy) is 1. The van der Waals surface area contributed by atoms with Gasteiger partial charge >= 0.3 is 5.97 Å². The zero-order valence-corrected chi connectivity index (χ0v) is 17.7. The fourth-order valence-electron chi connectivity index (χ4n) is 3.07. The third-order valence-corrected chi connectivity index (χ3v) is 4.92. The Balaban J connectivity index is 1.72. The Labute approximate surface area is 173 Å². The van der Waals surface area contributed by atoms with Gasteiger partial charge < -0.3 is 9.26 Å². The maximum Gasteiger partial charge on any atom is 0.338 e. The number of nitrogens with zero attached hydrogens (tertiary/aromatic N) is 2. The number of hydrogen-bond acceptors (Lipinski definition) is 7. The summed E-state index contributed by atoms with van der Waals surface area (Å²) < 4.78 is 37.0. The van der Waals surface area contributed by atoms with Crippen LogP contribution >= 0.6 is 0 Å². The zero-order chi connectivity index (χ0) is 22.1. The van der Waals surface area contributed by atoms with Crippen LogP contribution in [-0.4, -0.2) is 42.8 Å². The summed E-state index contributed by atoms with van der Waals surface area (Å²) in [6.45, 7) is 4.92. The van der Waals surface area contributed by atoms with Gasteiger partial charge in [0.25, 0.3) is 0 Å². The molecule has 0 saturated carbocycles. The predicted molar refractivity (Wildman–Crippen MR) is 110 cm³/mol. The van der Waals surface area contributed by atoms with Crippen molar-refractivity contribution in [2.24, 2.45) is 0 Å². The lowest BCUT2D eigenvalue weighted by Gasteiger charge is -2.08. The number of benzene rings is 1. The number of carbonyl (C=O) groups excluding carboxylic acids is 2. The molecule has 1 aromatic carbocycles. The van der Waals surface area contributed by atoms with Crippen LogP contribution in [0.25, 0.3) is 5.82 Å². The van der Waals surface area contributed by atoms with Gasteiger partial charge in [0.2, 0.25) is 15.8 Å². The molecule has 10 heteroatoms. The number of Topliss-reactive ketones (excluding diaryl/α,β-unsaturated/α-hetero) is 1. The molecule has 2 aromatic heterocycles. The fourth-order valence-corrected chi connectivity index (χ4v) is 3.63. The number of aryl methyl sites for hydroxylation is 2. The first-order valence-electron chi connectivity index (χ1n) is 8.96. The Bertz CT molecular complexity index is 1220. The molecule has 0 saturated heterocycles. The van der Waals surface area contributed by atoms with Crippen molar-refractivity contribution in [2.75, 3.05) is 17.6 Å². The Morgan fingerprint density at radius 3 is 2.53 bits per heavy atom. The van der Waals surface area contributed by atoms with Gasteiger partial charge in [-0.05, 0) is 45.0 Å². The molecule has 0 spiro atoms. The minimum absolute atomic E-state index is 0.125. The first-order chi connectivity index (χ1) is 14.0. The van der Waals surface area contributed by atoms with Crippen molar-refractivity contribution >= 4 is 27.5 Å². The van der Waals surface area contributed by atoms with Crippen LogP contribution in [-0.2, 0) is 14.8 Å². The van der Waals surface area contributed by atoms with E-state index in [0.29, 0.717) is 22.8 Å². The van der Waals surface area contributed by atoms with Crippen LogP contribution in [0.4, 0.5) is 5.69 Å². The number of ketones is 1. The van der Waals surface area contributed by atoms with Crippen LogP contribution in [0.1, 0.15) is 37.9 Å². The lowest BCUT2D eigenvalue weighted by atomic mass is 10.1. The molecule has 0 bridgehead atoms. The minimum Gasteiger partial charge on any atom is -0.454 e. The van der Waals surface area contributed by atoms with Crippen LogP contribution in [0.5, 0.6) is 0 Å². The van der Waals surface area contributed by atoms with E-state index in [9.17, 15) is 18.0 Å². The van der Waals surface area contributed by atoms with Gasteiger partial charge in [-0.15, -0.1) is 0 Å². The summed E-state index contributed by atoms with van der Waals surface area (Å²) >= 11 is 0. The summed E-state index contributed by atoms with van der Waals surface area (Å²) in [6.07, 6.45) is 1.01. The summed E-state index contributed by atoms with van der Waals surface area (Å²) in [5.41, 5.74) is 2.20. The van der Waals surface area contributed by atoms with Gasteiger partial charge in [0, 0.05) is 28.7 Å². The molecule has 0 aliphatic heterocycles. The van der Waals surface area contributed by atoms with Gasteiger partial charge in [-0.25, -0.2) is 13.2 Å². The van der Waals surface area contributed by atoms with E-state index in [0.717, 1.165) is 11.9 Å².